The van der Waals surface area contributed by atoms with Crippen LogP contribution in [-0.4, -0.2) is 47.7 Å². The number of imidazole rings is 1. The van der Waals surface area contributed by atoms with E-state index in [0.29, 0.717) is 12.4 Å². The SMILES string of the molecule is CCOC(=O)c1nc(CC)n(CCCN(C)C)c1N. The molecular formula is C13H24N4O2. The first-order valence-corrected chi connectivity index (χ1v) is 6.67. The molecule has 6 heteroatoms. The molecule has 0 fully saturated rings. The van der Waals surface area contributed by atoms with E-state index in [1.165, 1.54) is 0 Å². The Balaban J connectivity index is 2.87. The highest BCUT2D eigenvalue weighted by Gasteiger charge is 2.20. The second kappa shape index (κ2) is 7.13. The van der Waals surface area contributed by atoms with E-state index >= 15 is 0 Å². The van der Waals surface area contributed by atoms with Crippen LogP contribution in [0.25, 0.3) is 0 Å². The molecule has 0 aliphatic carbocycles. The Labute approximate surface area is 114 Å². The number of anilines is 1. The van der Waals surface area contributed by atoms with E-state index in [0.717, 1.165) is 31.8 Å². The summed E-state index contributed by atoms with van der Waals surface area (Å²) in [5, 5.41) is 0. The van der Waals surface area contributed by atoms with Gasteiger partial charge in [0.15, 0.2) is 5.69 Å². The van der Waals surface area contributed by atoms with Crippen LogP contribution in [0.4, 0.5) is 5.82 Å². The molecule has 0 atom stereocenters. The second-order valence-corrected chi connectivity index (χ2v) is 4.64. The average molecular weight is 268 g/mol. The zero-order chi connectivity index (χ0) is 14.4. The molecule has 1 rings (SSSR count). The number of hydrogen-bond donors (Lipinski definition) is 1. The number of rotatable bonds is 7. The molecule has 0 spiro atoms. The first kappa shape index (κ1) is 15.5. The summed E-state index contributed by atoms with van der Waals surface area (Å²) in [5.74, 6) is 0.800. The van der Waals surface area contributed by atoms with Gasteiger partial charge >= 0.3 is 5.97 Å². The third-order valence-corrected chi connectivity index (χ3v) is 2.86. The van der Waals surface area contributed by atoms with Gasteiger partial charge in [0.25, 0.3) is 0 Å². The first-order valence-electron chi connectivity index (χ1n) is 6.67. The van der Waals surface area contributed by atoms with Crippen molar-refractivity contribution < 1.29 is 9.53 Å². The highest BCUT2D eigenvalue weighted by molar-refractivity contribution is 5.92. The molecule has 0 saturated carbocycles. The van der Waals surface area contributed by atoms with Gasteiger partial charge in [0.2, 0.25) is 0 Å². The molecular weight excluding hydrogens is 244 g/mol. The lowest BCUT2D eigenvalue weighted by Gasteiger charge is -2.12. The van der Waals surface area contributed by atoms with Crippen LogP contribution < -0.4 is 5.73 Å². The topological polar surface area (TPSA) is 73.4 Å². The number of carbonyl (C=O) groups excluding carboxylic acids is 1. The molecule has 1 heterocycles. The largest absolute Gasteiger partial charge is 0.461 e. The van der Waals surface area contributed by atoms with Crippen molar-refractivity contribution in [2.24, 2.45) is 0 Å². The molecule has 6 nitrogen and oxygen atoms in total. The van der Waals surface area contributed by atoms with Gasteiger partial charge in [-0.2, -0.15) is 0 Å². The number of nitrogens with zero attached hydrogens (tertiary/aromatic N) is 3. The molecule has 0 radical (unpaired) electrons. The molecule has 108 valence electrons. The van der Waals surface area contributed by atoms with Crippen LogP contribution in [0.1, 0.15) is 36.6 Å². The van der Waals surface area contributed by atoms with E-state index in [9.17, 15) is 4.79 Å². The maximum Gasteiger partial charge on any atom is 0.360 e. The monoisotopic (exact) mass is 268 g/mol. The molecule has 2 N–H and O–H groups in total. The van der Waals surface area contributed by atoms with E-state index in [4.69, 9.17) is 10.5 Å². The van der Waals surface area contributed by atoms with Crippen molar-refractivity contribution in [3.63, 3.8) is 0 Å². The lowest BCUT2D eigenvalue weighted by molar-refractivity contribution is 0.0521. The number of hydrogen-bond acceptors (Lipinski definition) is 5. The Morgan fingerprint density at radius 3 is 2.63 bits per heavy atom. The fourth-order valence-electron chi connectivity index (χ4n) is 1.93. The predicted molar refractivity (Wildman–Crippen MR) is 75.1 cm³/mol. The summed E-state index contributed by atoms with van der Waals surface area (Å²) in [6.45, 7) is 5.82. The third-order valence-electron chi connectivity index (χ3n) is 2.86. The number of aryl methyl sites for hydroxylation is 1. The summed E-state index contributed by atoms with van der Waals surface area (Å²) in [7, 11) is 4.06. The maximum absolute atomic E-state index is 11.7. The van der Waals surface area contributed by atoms with Gasteiger partial charge in [0, 0.05) is 13.0 Å². The van der Waals surface area contributed by atoms with E-state index in [1.54, 1.807) is 6.92 Å². The average Bonchev–Trinajstić information content (AvgIpc) is 2.67. The van der Waals surface area contributed by atoms with Crippen LogP contribution in [0, 0.1) is 0 Å². The summed E-state index contributed by atoms with van der Waals surface area (Å²) in [6.07, 6.45) is 1.70. The second-order valence-electron chi connectivity index (χ2n) is 4.64. The van der Waals surface area contributed by atoms with Crippen LogP contribution in [0.2, 0.25) is 0 Å². The number of carbonyl (C=O) groups is 1. The zero-order valence-electron chi connectivity index (χ0n) is 12.3. The molecule has 1 aromatic heterocycles. The van der Waals surface area contributed by atoms with Gasteiger partial charge in [-0.15, -0.1) is 0 Å². The van der Waals surface area contributed by atoms with Crippen LogP contribution >= 0.6 is 0 Å². The minimum absolute atomic E-state index is 0.239. The molecule has 0 saturated heterocycles. The summed E-state index contributed by atoms with van der Waals surface area (Å²) in [4.78, 5) is 18.2. The van der Waals surface area contributed by atoms with Crippen molar-refractivity contribution in [1.29, 1.82) is 0 Å². The molecule has 0 aliphatic rings. The van der Waals surface area contributed by atoms with Gasteiger partial charge in [0.1, 0.15) is 11.6 Å². The number of ether oxygens (including phenoxy) is 1. The Hall–Kier alpha value is -1.56. The van der Waals surface area contributed by atoms with E-state index in [-0.39, 0.29) is 5.69 Å². The lowest BCUT2D eigenvalue weighted by atomic mass is 10.3. The van der Waals surface area contributed by atoms with Crippen LogP contribution in [0.15, 0.2) is 0 Å². The Morgan fingerprint density at radius 2 is 2.11 bits per heavy atom. The third kappa shape index (κ3) is 3.96. The number of esters is 1. The Kier molecular flexibility index (Phi) is 5.82. The smallest absolute Gasteiger partial charge is 0.360 e. The minimum Gasteiger partial charge on any atom is -0.461 e. The summed E-state index contributed by atoms with van der Waals surface area (Å²) >= 11 is 0. The number of nitrogens with two attached hydrogens (primary N) is 1. The maximum atomic E-state index is 11.7. The number of nitrogen functional groups attached to an aromatic ring is 1. The molecule has 0 aromatic carbocycles. The minimum atomic E-state index is -0.443. The van der Waals surface area contributed by atoms with Gasteiger partial charge in [-0.05, 0) is 34.0 Å². The van der Waals surface area contributed by atoms with Crippen molar-refractivity contribution >= 4 is 11.8 Å². The lowest BCUT2D eigenvalue weighted by Crippen LogP contribution is -2.17. The Bertz CT molecular complexity index is 427. The van der Waals surface area contributed by atoms with Crippen molar-refractivity contribution in [3.8, 4) is 0 Å². The van der Waals surface area contributed by atoms with Crippen molar-refractivity contribution in [2.75, 3.05) is 33.0 Å². The van der Waals surface area contributed by atoms with Gasteiger partial charge < -0.3 is 19.9 Å². The predicted octanol–water partition coefficient (Wildman–Crippen LogP) is 1.16. The molecule has 0 aliphatic heterocycles. The standard InChI is InChI=1S/C13H24N4O2/c1-5-10-15-11(13(18)19-6-2)12(14)17(10)9-7-8-16(3)4/h5-9,14H2,1-4H3. The summed E-state index contributed by atoms with van der Waals surface area (Å²) < 4.78 is 6.87. The molecule has 0 bridgehead atoms. The van der Waals surface area contributed by atoms with E-state index in [2.05, 4.69) is 9.88 Å². The van der Waals surface area contributed by atoms with Gasteiger partial charge in [-0.3, -0.25) is 0 Å². The molecule has 19 heavy (non-hydrogen) atoms. The fraction of sp³-hybridized carbons (Fsp3) is 0.692. The summed E-state index contributed by atoms with van der Waals surface area (Å²) in [6, 6.07) is 0. The number of aromatic nitrogens is 2. The fourth-order valence-corrected chi connectivity index (χ4v) is 1.93. The van der Waals surface area contributed by atoms with Crippen molar-refractivity contribution in [1.82, 2.24) is 14.5 Å². The highest BCUT2D eigenvalue weighted by Crippen LogP contribution is 2.17. The highest BCUT2D eigenvalue weighted by atomic mass is 16.5. The van der Waals surface area contributed by atoms with Crippen molar-refractivity contribution in [2.45, 2.75) is 33.2 Å². The van der Waals surface area contributed by atoms with Gasteiger partial charge in [-0.25, -0.2) is 9.78 Å². The van der Waals surface area contributed by atoms with E-state index in [1.807, 2.05) is 25.6 Å². The Morgan fingerprint density at radius 1 is 1.42 bits per heavy atom. The molecule has 0 unspecified atom stereocenters. The van der Waals surface area contributed by atoms with Crippen LogP contribution in [0.3, 0.4) is 0 Å². The van der Waals surface area contributed by atoms with Gasteiger partial charge in [0.05, 0.1) is 6.61 Å². The summed E-state index contributed by atoms with van der Waals surface area (Å²) in [5.41, 5.74) is 6.25. The van der Waals surface area contributed by atoms with Crippen LogP contribution in [-0.2, 0) is 17.7 Å². The normalized spacial score (nSPS) is 11.0. The quantitative estimate of drug-likeness (QED) is 0.751. The van der Waals surface area contributed by atoms with E-state index < -0.39 is 5.97 Å². The van der Waals surface area contributed by atoms with Crippen LogP contribution in [0.5, 0.6) is 0 Å². The molecule has 0 amide bonds. The molecule has 1 aromatic rings. The van der Waals surface area contributed by atoms with Crippen molar-refractivity contribution in [3.05, 3.63) is 11.5 Å². The zero-order valence-corrected chi connectivity index (χ0v) is 12.3. The first-order chi connectivity index (χ1) is 9.01. The van der Waals surface area contributed by atoms with Gasteiger partial charge in [-0.1, -0.05) is 6.92 Å².